The molecule has 0 spiro atoms. The highest BCUT2D eigenvalue weighted by Crippen LogP contribution is 2.42. The van der Waals surface area contributed by atoms with Gasteiger partial charge in [0.25, 0.3) is 0 Å². The first-order valence-corrected chi connectivity index (χ1v) is 9.92. The SMILES string of the molecule is COC(=O)NCCc1c[nH]c2cc(-c3c(O)ccc4ccccc34)c(NC(C)=O)cc12. The molecule has 0 radical (unpaired) electrons. The van der Waals surface area contributed by atoms with Gasteiger partial charge >= 0.3 is 6.09 Å². The number of amides is 2. The van der Waals surface area contributed by atoms with Crippen LogP contribution in [0.25, 0.3) is 32.8 Å². The normalized spacial score (nSPS) is 10.9. The van der Waals surface area contributed by atoms with Gasteiger partial charge in [0.05, 0.1) is 7.11 Å². The Morgan fingerprint density at radius 3 is 2.68 bits per heavy atom. The zero-order valence-electron chi connectivity index (χ0n) is 17.3. The first kappa shape index (κ1) is 20.3. The number of alkyl carbamates (subject to hydrolysis) is 1. The third-order valence-corrected chi connectivity index (χ3v) is 5.24. The minimum Gasteiger partial charge on any atom is -0.507 e. The maximum Gasteiger partial charge on any atom is 0.406 e. The molecule has 0 aliphatic heterocycles. The number of hydrogen-bond acceptors (Lipinski definition) is 4. The summed E-state index contributed by atoms with van der Waals surface area (Å²) < 4.78 is 4.60. The van der Waals surface area contributed by atoms with Gasteiger partial charge in [0.15, 0.2) is 0 Å². The van der Waals surface area contributed by atoms with E-state index in [2.05, 4.69) is 20.4 Å². The largest absolute Gasteiger partial charge is 0.507 e. The fraction of sp³-hybridized carbons (Fsp3) is 0.167. The van der Waals surface area contributed by atoms with Gasteiger partial charge in [-0.15, -0.1) is 0 Å². The van der Waals surface area contributed by atoms with Crippen LogP contribution in [-0.2, 0) is 16.0 Å². The molecule has 0 unspecified atom stereocenters. The fourth-order valence-electron chi connectivity index (χ4n) is 3.85. The first-order valence-electron chi connectivity index (χ1n) is 9.92. The van der Waals surface area contributed by atoms with Gasteiger partial charge in [0, 0.05) is 47.4 Å². The molecule has 158 valence electrons. The second-order valence-corrected chi connectivity index (χ2v) is 7.29. The monoisotopic (exact) mass is 417 g/mol. The van der Waals surface area contributed by atoms with Crippen LogP contribution in [0.1, 0.15) is 12.5 Å². The number of aromatic amines is 1. The summed E-state index contributed by atoms with van der Waals surface area (Å²) in [6.45, 7) is 1.87. The summed E-state index contributed by atoms with van der Waals surface area (Å²) in [6.07, 6.45) is 1.99. The van der Waals surface area contributed by atoms with E-state index < -0.39 is 6.09 Å². The van der Waals surface area contributed by atoms with Gasteiger partial charge in [-0.05, 0) is 41.0 Å². The van der Waals surface area contributed by atoms with Crippen molar-refractivity contribution in [1.82, 2.24) is 10.3 Å². The van der Waals surface area contributed by atoms with Crippen molar-refractivity contribution in [3.8, 4) is 16.9 Å². The second-order valence-electron chi connectivity index (χ2n) is 7.29. The second kappa shape index (κ2) is 8.39. The molecule has 0 aliphatic rings. The molecular formula is C24H23N3O4. The Kier molecular flexibility index (Phi) is 5.49. The van der Waals surface area contributed by atoms with Gasteiger partial charge in [-0.1, -0.05) is 30.3 Å². The quantitative estimate of drug-likeness (QED) is 0.382. The van der Waals surface area contributed by atoms with E-state index in [9.17, 15) is 14.7 Å². The van der Waals surface area contributed by atoms with E-state index in [0.29, 0.717) is 24.2 Å². The number of carbonyl (C=O) groups is 2. The van der Waals surface area contributed by atoms with Crippen molar-refractivity contribution in [2.24, 2.45) is 0 Å². The Morgan fingerprint density at radius 2 is 1.90 bits per heavy atom. The summed E-state index contributed by atoms with van der Waals surface area (Å²) in [4.78, 5) is 26.5. The summed E-state index contributed by atoms with van der Waals surface area (Å²) in [5.74, 6) is -0.0662. The zero-order chi connectivity index (χ0) is 22.0. The van der Waals surface area contributed by atoms with Crippen LogP contribution >= 0.6 is 0 Å². The number of rotatable bonds is 5. The number of ether oxygens (including phenoxy) is 1. The van der Waals surface area contributed by atoms with Crippen molar-refractivity contribution in [3.05, 3.63) is 60.3 Å². The molecule has 2 amide bonds. The number of fused-ring (bicyclic) bond motifs is 2. The van der Waals surface area contributed by atoms with Crippen LogP contribution in [0, 0.1) is 0 Å². The predicted molar refractivity (Wildman–Crippen MR) is 121 cm³/mol. The smallest absolute Gasteiger partial charge is 0.406 e. The van der Waals surface area contributed by atoms with Gasteiger partial charge in [-0.2, -0.15) is 0 Å². The van der Waals surface area contributed by atoms with Crippen LogP contribution in [-0.4, -0.2) is 35.7 Å². The van der Waals surface area contributed by atoms with E-state index in [0.717, 1.165) is 32.8 Å². The molecule has 4 N–H and O–H groups in total. The van der Waals surface area contributed by atoms with E-state index in [1.54, 1.807) is 6.07 Å². The fourth-order valence-corrected chi connectivity index (χ4v) is 3.85. The Balaban J connectivity index is 1.84. The Morgan fingerprint density at radius 1 is 1.10 bits per heavy atom. The van der Waals surface area contributed by atoms with Gasteiger partial charge < -0.3 is 25.5 Å². The molecule has 1 aromatic heterocycles. The minimum absolute atomic E-state index is 0.138. The van der Waals surface area contributed by atoms with Gasteiger partial charge in [-0.3, -0.25) is 4.79 Å². The summed E-state index contributed by atoms with van der Waals surface area (Å²) in [5, 5.41) is 19.1. The van der Waals surface area contributed by atoms with Gasteiger partial charge in [0.2, 0.25) is 5.91 Å². The van der Waals surface area contributed by atoms with Crippen LogP contribution in [0.15, 0.2) is 54.7 Å². The lowest BCUT2D eigenvalue weighted by molar-refractivity contribution is -0.114. The maximum absolute atomic E-state index is 11.9. The molecule has 4 rings (SSSR count). The Bertz CT molecular complexity index is 1290. The average molecular weight is 417 g/mol. The molecule has 0 bridgehead atoms. The third kappa shape index (κ3) is 4.02. The topological polar surface area (TPSA) is 103 Å². The number of carbonyl (C=O) groups excluding carboxylic acids is 2. The number of hydrogen-bond donors (Lipinski definition) is 4. The van der Waals surface area contributed by atoms with E-state index in [-0.39, 0.29) is 11.7 Å². The Hall–Kier alpha value is -4.00. The van der Waals surface area contributed by atoms with Crippen molar-refractivity contribution in [1.29, 1.82) is 0 Å². The van der Waals surface area contributed by atoms with Crippen LogP contribution in [0.4, 0.5) is 10.5 Å². The molecule has 7 nitrogen and oxygen atoms in total. The van der Waals surface area contributed by atoms with E-state index in [4.69, 9.17) is 0 Å². The van der Waals surface area contributed by atoms with Crippen LogP contribution in [0.2, 0.25) is 0 Å². The summed E-state index contributed by atoms with van der Waals surface area (Å²) >= 11 is 0. The molecule has 4 aromatic rings. The van der Waals surface area contributed by atoms with E-state index in [1.165, 1.54) is 14.0 Å². The van der Waals surface area contributed by atoms with Gasteiger partial charge in [0.1, 0.15) is 5.75 Å². The molecule has 0 aliphatic carbocycles. The molecular weight excluding hydrogens is 394 g/mol. The molecule has 0 fully saturated rings. The average Bonchev–Trinajstić information content (AvgIpc) is 3.14. The number of methoxy groups -OCH3 is 1. The third-order valence-electron chi connectivity index (χ3n) is 5.24. The highest BCUT2D eigenvalue weighted by Gasteiger charge is 2.17. The summed E-state index contributed by atoms with van der Waals surface area (Å²) in [7, 11) is 1.32. The lowest BCUT2D eigenvalue weighted by Crippen LogP contribution is -2.25. The standard InChI is InChI=1S/C24H23N3O4/c1-14(28)27-21-11-18-16(9-10-25-24(30)31-2)13-26-20(18)12-19(21)23-17-6-4-3-5-15(17)7-8-22(23)29/h3-8,11-13,26,29H,9-10H2,1-2H3,(H,25,30)(H,27,28). The predicted octanol–water partition coefficient (Wildman–Crippen LogP) is 4.55. The number of benzene rings is 3. The molecule has 0 atom stereocenters. The number of H-pyrrole nitrogens is 1. The highest BCUT2D eigenvalue weighted by molar-refractivity contribution is 6.08. The number of nitrogens with one attached hydrogen (secondary N) is 3. The van der Waals surface area contributed by atoms with Crippen molar-refractivity contribution >= 4 is 39.4 Å². The minimum atomic E-state index is -0.479. The number of aromatic nitrogens is 1. The molecule has 3 aromatic carbocycles. The molecule has 0 saturated heterocycles. The van der Waals surface area contributed by atoms with E-state index in [1.807, 2.05) is 48.7 Å². The van der Waals surface area contributed by atoms with Crippen molar-refractivity contribution < 1.29 is 19.4 Å². The van der Waals surface area contributed by atoms with E-state index >= 15 is 0 Å². The molecule has 7 heteroatoms. The highest BCUT2D eigenvalue weighted by atomic mass is 16.5. The maximum atomic E-state index is 11.9. The van der Waals surface area contributed by atoms with Crippen LogP contribution < -0.4 is 10.6 Å². The lowest BCUT2D eigenvalue weighted by Gasteiger charge is -2.15. The number of aromatic hydroxyl groups is 1. The number of anilines is 1. The number of phenols is 1. The first-order chi connectivity index (χ1) is 15.0. The van der Waals surface area contributed by atoms with Crippen molar-refractivity contribution in [3.63, 3.8) is 0 Å². The zero-order valence-corrected chi connectivity index (χ0v) is 17.3. The lowest BCUT2D eigenvalue weighted by atomic mass is 9.94. The summed E-state index contributed by atoms with van der Waals surface area (Å²) in [5.41, 5.74) is 3.84. The van der Waals surface area contributed by atoms with Gasteiger partial charge in [-0.25, -0.2) is 4.79 Å². The molecule has 0 saturated carbocycles. The van der Waals surface area contributed by atoms with Crippen LogP contribution in [0.3, 0.4) is 0 Å². The van der Waals surface area contributed by atoms with Crippen molar-refractivity contribution in [2.45, 2.75) is 13.3 Å². The molecule has 1 heterocycles. The van der Waals surface area contributed by atoms with Crippen LogP contribution in [0.5, 0.6) is 5.75 Å². The Labute approximate surface area is 179 Å². The molecule has 31 heavy (non-hydrogen) atoms. The summed E-state index contributed by atoms with van der Waals surface area (Å²) in [6, 6.07) is 15.2. The number of phenolic OH excluding ortho intramolecular Hbond substituents is 1. The van der Waals surface area contributed by atoms with Crippen molar-refractivity contribution in [2.75, 3.05) is 19.0 Å².